The minimum atomic E-state index is 0.810. The third-order valence-corrected chi connectivity index (χ3v) is 2.23. The first-order chi connectivity index (χ1) is 6.16. The molecule has 0 aromatic carbocycles. The van der Waals surface area contributed by atoms with Gasteiger partial charge in [0, 0.05) is 18.1 Å². The smallest absolute Gasteiger partial charge is 0.151 e. The van der Waals surface area contributed by atoms with E-state index in [-0.39, 0.29) is 0 Å². The molecule has 0 spiro atoms. The SMILES string of the molecule is C=CC(Br)=C1N=CC=CN1C(=C)C. The molecule has 0 unspecified atom stereocenters. The fourth-order valence-corrected chi connectivity index (χ4v) is 1.24. The summed E-state index contributed by atoms with van der Waals surface area (Å²) in [5.41, 5.74) is 0.918. The first kappa shape index (κ1) is 9.99. The van der Waals surface area contributed by atoms with E-state index in [9.17, 15) is 0 Å². The zero-order chi connectivity index (χ0) is 9.84. The van der Waals surface area contributed by atoms with Gasteiger partial charge in [-0.2, -0.15) is 0 Å². The average molecular weight is 239 g/mol. The van der Waals surface area contributed by atoms with Gasteiger partial charge in [-0.15, -0.1) is 0 Å². The van der Waals surface area contributed by atoms with E-state index in [1.165, 1.54) is 0 Å². The van der Waals surface area contributed by atoms with Gasteiger partial charge < -0.3 is 4.90 Å². The molecule has 1 aliphatic heterocycles. The summed E-state index contributed by atoms with van der Waals surface area (Å²) in [6.07, 6.45) is 7.22. The fraction of sp³-hybridized carbons (Fsp3) is 0.100. The highest BCUT2D eigenvalue weighted by molar-refractivity contribution is 9.11. The highest BCUT2D eigenvalue weighted by Gasteiger charge is 2.10. The van der Waals surface area contributed by atoms with Crippen molar-refractivity contribution in [3.63, 3.8) is 0 Å². The standard InChI is InChI=1S/C10H11BrN2/c1-4-9(11)10-12-6-5-7-13(10)8(2)3/h4-7H,1-2H2,3H3. The van der Waals surface area contributed by atoms with Gasteiger partial charge in [0.25, 0.3) is 0 Å². The van der Waals surface area contributed by atoms with Gasteiger partial charge in [0.15, 0.2) is 5.82 Å². The van der Waals surface area contributed by atoms with Crippen LogP contribution < -0.4 is 0 Å². The van der Waals surface area contributed by atoms with Crippen LogP contribution in [0.25, 0.3) is 0 Å². The van der Waals surface area contributed by atoms with Crippen LogP contribution in [0, 0.1) is 0 Å². The molecule has 0 aromatic rings. The summed E-state index contributed by atoms with van der Waals surface area (Å²) in [5, 5.41) is 0. The first-order valence-electron chi connectivity index (χ1n) is 3.84. The number of hydrogen-bond acceptors (Lipinski definition) is 2. The van der Waals surface area contributed by atoms with E-state index in [0.717, 1.165) is 16.0 Å². The third-order valence-electron chi connectivity index (χ3n) is 1.55. The summed E-state index contributed by atoms with van der Waals surface area (Å²) in [6.45, 7) is 9.45. The van der Waals surface area contributed by atoms with Crippen molar-refractivity contribution in [3.05, 3.63) is 47.5 Å². The Morgan fingerprint density at radius 2 is 2.38 bits per heavy atom. The van der Waals surface area contributed by atoms with Crippen molar-refractivity contribution in [2.45, 2.75) is 6.92 Å². The summed E-state index contributed by atoms with van der Waals surface area (Å²) in [5.74, 6) is 0.810. The van der Waals surface area contributed by atoms with E-state index in [2.05, 4.69) is 34.1 Å². The van der Waals surface area contributed by atoms with Gasteiger partial charge in [-0.25, -0.2) is 4.99 Å². The Labute approximate surface area is 86.8 Å². The Bertz CT molecular complexity index is 324. The second-order valence-corrected chi connectivity index (χ2v) is 3.45. The van der Waals surface area contributed by atoms with Crippen molar-refractivity contribution < 1.29 is 0 Å². The first-order valence-corrected chi connectivity index (χ1v) is 4.64. The van der Waals surface area contributed by atoms with Crippen LogP contribution in [0.1, 0.15) is 6.92 Å². The Kier molecular flexibility index (Phi) is 3.25. The van der Waals surface area contributed by atoms with Gasteiger partial charge in [-0.1, -0.05) is 19.2 Å². The van der Waals surface area contributed by atoms with Gasteiger partial charge in [-0.05, 0) is 28.9 Å². The van der Waals surface area contributed by atoms with Crippen LogP contribution in [0.5, 0.6) is 0 Å². The molecule has 0 aliphatic carbocycles. The molecule has 0 bridgehead atoms. The van der Waals surface area contributed by atoms with Crippen LogP contribution in [0.4, 0.5) is 0 Å². The lowest BCUT2D eigenvalue weighted by Gasteiger charge is -2.23. The summed E-state index contributed by atoms with van der Waals surface area (Å²) >= 11 is 3.38. The molecule has 0 N–H and O–H groups in total. The average Bonchev–Trinajstić information content (AvgIpc) is 2.16. The molecule has 1 heterocycles. The molecular weight excluding hydrogens is 228 g/mol. The lowest BCUT2D eigenvalue weighted by Crippen LogP contribution is -2.15. The number of nitrogens with zero attached hydrogens (tertiary/aromatic N) is 2. The lowest BCUT2D eigenvalue weighted by atomic mass is 10.4. The minimum Gasteiger partial charge on any atom is -0.306 e. The van der Waals surface area contributed by atoms with E-state index >= 15 is 0 Å². The van der Waals surface area contributed by atoms with Crippen molar-refractivity contribution in [1.29, 1.82) is 0 Å². The third kappa shape index (κ3) is 2.18. The molecular formula is C10H11BrN2. The summed E-state index contributed by atoms with van der Waals surface area (Å²) in [7, 11) is 0. The summed E-state index contributed by atoms with van der Waals surface area (Å²) < 4.78 is 0.858. The van der Waals surface area contributed by atoms with Crippen molar-refractivity contribution in [2.24, 2.45) is 4.99 Å². The molecule has 2 nitrogen and oxygen atoms in total. The maximum Gasteiger partial charge on any atom is 0.151 e. The Hall–Kier alpha value is -1.09. The van der Waals surface area contributed by atoms with Gasteiger partial charge in [0.05, 0.1) is 4.48 Å². The second kappa shape index (κ2) is 4.23. The highest BCUT2D eigenvalue weighted by Crippen LogP contribution is 2.23. The van der Waals surface area contributed by atoms with Crippen molar-refractivity contribution in [1.82, 2.24) is 4.90 Å². The lowest BCUT2D eigenvalue weighted by molar-refractivity contribution is 0.567. The number of allylic oxidation sites excluding steroid dienone is 4. The zero-order valence-electron chi connectivity index (χ0n) is 7.50. The van der Waals surface area contributed by atoms with Crippen LogP contribution in [-0.2, 0) is 0 Å². The normalized spacial score (nSPS) is 18.8. The van der Waals surface area contributed by atoms with Gasteiger partial charge in [-0.3, -0.25) is 0 Å². The molecule has 0 saturated carbocycles. The van der Waals surface area contributed by atoms with Gasteiger partial charge in [0.1, 0.15) is 0 Å². The molecule has 3 heteroatoms. The molecule has 0 radical (unpaired) electrons. The van der Waals surface area contributed by atoms with Gasteiger partial charge >= 0.3 is 0 Å². The Morgan fingerprint density at radius 1 is 1.69 bits per heavy atom. The predicted octanol–water partition coefficient (Wildman–Crippen LogP) is 3.17. The summed E-state index contributed by atoms with van der Waals surface area (Å²) in [6, 6.07) is 0. The summed E-state index contributed by atoms with van der Waals surface area (Å²) in [4.78, 5) is 6.11. The minimum absolute atomic E-state index is 0.810. The molecule has 68 valence electrons. The van der Waals surface area contributed by atoms with Crippen molar-refractivity contribution in [2.75, 3.05) is 0 Å². The Morgan fingerprint density at radius 3 is 2.92 bits per heavy atom. The number of halogens is 1. The van der Waals surface area contributed by atoms with E-state index < -0.39 is 0 Å². The number of aliphatic imine (C=N–C) groups is 1. The Balaban J connectivity index is 3.09. The number of rotatable bonds is 2. The fourth-order valence-electron chi connectivity index (χ4n) is 0.947. The van der Waals surface area contributed by atoms with Crippen LogP contribution in [0.15, 0.2) is 52.5 Å². The molecule has 0 atom stereocenters. The maximum absolute atomic E-state index is 4.22. The molecule has 0 amide bonds. The predicted molar refractivity (Wildman–Crippen MR) is 60.4 cm³/mol. The largest absolute Gasteiger partial charge is 0.306 e. The van der Waals surface area contributed by atoms with E-state index in [1.54, 1.807) is 12.3 Å². The second-order valence-electron chi connectivity index (χ2n) is 2.60. The van der Waals surface area contributed by atoms with E-state index in [4.69, 9.17) is 0 Å². The van der Waals surface area contributed by atoms with E-state index in [1.807, 2.05) is 24.1 Å². The molecule has 0 saturated heterocycles. The zero-order valence-corrected chi connectivity index (χ0v) is 9.08. The monoisotopic (exact) mass is 238 g/mol. The quantitative estimate of drug-likeness (QED) is 0.722. The van der Waals surface area contributed by atoms with Gasteiger partial charge in [0.2, 0.25) is 0 Å². The highest BCUT2D eigenvalue weighted by atomic mass is 79.9. The topological polar surface area (TPSA) is 15.6 Å². The van der Waals surface area contributed by atoms with Crippen molar-refractivity contribution in [3.8, 4) is 0 Å². The van der Waals surface area contributed by atoms with Crippen molar-refractivity contribution >= 4 is 22.1 Å². The van der Waals surface area contributed by atoms with Crippen LogP contribution >= 0.6 is 15.9 Å². The maximum atomic E-state index is 4.22. The molecule has 1 aliphatic rings. The molecule has 13 heavy (non-hydrogen) atoms. The van der Waals surface area contributed by atoms with E-state index in [0.29, 0.717) is 0 Å². The molecule has 0 aromatic heterocycles. The van der Waals surface area contributed by atoms with Crippen LogP contribution in [0.2, 0.25) is 0 Å². The molecule has 1 rings (SSSR count). The van der Waals surface area contributed by atoms with Crippen LogP contribution in [0.3, 0.4) is 0 Å². The molecule has 0 fully saturated rings. The van der Waals surface area contributed by atoms with Crippen LogP contribution in [-0.4, -0.2) is 11.1 Å². The number of hydrogen-bond donors (Lipinski definition) is 0.